The van der Waals surface area contributed by atoms with E-state index in [9.17, 15) is 4.39 Å². The second kappa shape index (κ2) is 9.31. The summed E-state index contributed by atoms with van der Waals surface area (Å²) in [5.74, 6) is 0.513. The molecule has 0 aliphatic carbocycles. The van der Waals surface area contributed by atoms with Crippen molar-refractivity contribution < 1.29 is 4.39 Å². The molecule has 3 aromatic rings. The Morgan fingerprint density at radius 2 is 1.23 bits per heavy atom. The van der Waals surface area contributed by atoms with Crippen molar-refractivity contribution in [2.45, 2.75) is 19.0 Å². The van der Waals surface area contributed by atoms with E-state index in [-0.39, 0.29) is 5.82 Å². The smallest absolute Gasteiger partial charge is 0.123 e. The van der Waals surface area contributed by atoms with Gasteiger partial charge in [-0.3, -0.25) is 0 Å². The summed E-state index contributed by atoms with van der Waals surface area (Å²) in [6.07, 6.45) is 4.18. The molecule has 3 rings (SSSR count). The third-order valence-electron chi connectivity index (χ3n) is 4.79. The first-order valence-corrected chi connectivity index (χ1v) is 11.7. The lowest BCUT2D eigenvalue weighted by Crippen LogP contribution is -2.26. The first-order chi connectivity index (χ1) is 12.7. The second-order valence-corrected chi connectivity index (χ2v) is 10.7. The number of alkyl halides is 1. The standard InChI is InChI=1S/C23H24ClFP/c24-17-7-8-18-26(22-9-3-1-4-10-22,23-11-5-2-6-12-23)19-20-13-15-21(25)16-14-20/h1-6,9-16H,7-8,17-19H2/q+1/i25-1. The van der Waals surface area contributed by atoms with Gasteiger partial charge in [0.25, 0.3) is 0 Å². The van der Waals surface area contributed by atoms with Crippen molar-refractivity contribution in [3.05, 3.63) is 96.3 Å². The zero-order valence-corrected chi connectivity index (χ0v) is 16.5. The van der Waals surface area contributed by atoms with Gasteiger partial charge in [0.2, 0.25) is 0 Å². The van der Waals surface area contributed by atoms with Gasteiger partial charge in [0.15, 0.2) is 0 Å². The Morgan fingerprint density at radius 3 is 1.73 bits per heavy atom. The molecule has 0 bridgehead atoms. The molecule has 0 aliphatic rings. The van der Waals surface area contributed by atoms with Crippen LogP contribution >= 0.6 is 18.9 Å². The minimum absolute atomic E-state index is 0.181. The van der Waals surface area contributed by atoms with E-state index in [4.69, 9.17) is 11.6 Å². The fourth-order valence-corrected chi connectivity index (χ4v) is 8.08. The molecular formula is C23H24ClFP+. The molecule has 0 amide bonds. The largest absolute Gasteiger partial charge is 0.207 e. The summed E-state index contributed by atoms with van der Waals surface area (Å²) < 4.78 is 13.4. The van der Waals surface area contributed by atoms with E-state index in [1.807, 2.05) is 12.1 Å². The maximum absolute atomic E-state index is 13.4. The van der Waals surface area contributed by atoms with Crippen molar-refractivity contribution in [1.29, 1.82) is 0 Å². The van der Waals surface area contributed by atoms with Crippen LogP contribution in [0.25, 0.3) is 0 Å². The molecule has 134 valence electrons. The Labute approximate surface area is 161 Å². The third kappa shape index (κ3) is 4.53. The number of rotatable bonds is 8. The molecule has 0 N–H and O–H groups in total. The fourth-order valence-electron chi connectivity index (χ4n) is 3.47. The van der Waals surface area contributed by atoms with Crippen LogP contribution in [-0.2, 0) is 6.16 Å². The Kier molecular flexibility index (Phi) is 6.83. The highest BCUT2D eigenvalue weighted by Gasteiger charge is 2.42. The number of hydrogen-bond donors (Lipinski definition) is 0. The van der Waals surface area contributed by atoms with Gasteiger partial charge < -0.3 is 0 Å². The first-order valence-electron chi connectivity index (χ1n) is 9.03. The van der Waals surface area contributed by atoms with Gasteiger partial charge in [-0.15, -0.1) is 11.6 Å². The van der Waals surface area contributed by atoms with Gasteiger partial charge in [0, 0.05) is 5.88 Å². The molecule has 0 saturated carbocycles. The minimum atomic E-state index is -1.65. The molecule has 0 radical (unpaired) electrons. The molecule has 0 heterocycles. The van der Waals surface area contributed by atoms with Crippen LogP contribution in [0.4, 0.5) is 4.39 Å². The number of unbranched alkanes of at least 4 members (excludes halogenated alkanes) is 1. The molecule has 0 aliphatic heterocycles. The zero-order chi connectivity index (χ0) is 18.2. The SMILES string of the molecule is [18F]c1ccc(C[P+](CCCCCl)(c2ccccc2)c2ccccc2)cc1. The van der Waals surface area contributed by atoms with Gasteiger partial charge in [-0.05, 0) is 54.8 Å². The van der Waals surface area contributed by atoms with Gasteiger partial charge in [-0.25, -0.2) is 4.39 Å². The van der Waals surface area contributed by atoms with Crippen LogP contribution in [0, 0.1) is 5.82 Å². The molecule has 0 saturated heterocycles. The lowest BCUT2D eigenvalue weighted by molar-refractivity contribution is 0.627. The Hall–Kier alpha value is -1.69. The Bertz CT molecular complexity index is 748. The minimum Gasteiger partial charge on any atom is -0.207 e. The number of benzene rings is 3. The summed E-state index contributed by atoms with van der Waals surface area (Å²) in [6.45, 7) is 0. The third-order valence-corrected chi connectivity index (χ3v) is 9.62. The van der Waals surface area contributed by atoms with Gasteiger partial charge in [-0.2, -0.15) is 0 Å². The van der Waals surface area contributed by atoms with Crippen molar-refractivity contribution >= 4 is 29.5 Å². The van der Waals surface area contributed by atoms with Crippen LogP contribution in [0.2, 0.25) is 0 Å². The summed E-state index contributed by atoms with van der Waals surface area (Å²) in [4.78, 5) is 0. The van der Waals surface area contributed by atoms with Gasteiger partial charge >= 0.3 is 0 Å². The first kappa shape index (κ1) is 19.1. The molecule has 0 nitrogen and oxygen atoms in total. The lowest BCUT2D eigenvalue weighted by Gasteiger charge is -2.28. The van der Waals surface area contributed by atoms with E-state index in [0.717, 1.165) is 25.2 Å². The topological polar surface area (TPSA) is 0 Å². The van der Waals surface area contributed by atoms with Crippen molar-refractivity contribution in [2.75, 3.05) is 12.0 Å². The molecule has 0 spiro atoms. The molecular weight excluding hydrogens is 361 g/mol. The summed E-state index contributed by atoms with van der Waals surface area (Å²) >= 11 is 5.97. The molecule has 3 heteroatoms. The highest BCUT2D eigenvalue weighted by atomic mass is 35.5. The second-order valence-electron chi connectivity index (χ2n) is 6.54. The van der Waals surface area contributed by atoms with Gasteiger partial charge in [0.05, 0.1) is 30.2 Å². The van der Waals surface area contributed by atoms with Crippen molar-refractivity contribution in [3.8, 4) is 0 Å². The summed E-state index contributed by atoms with van der Waals surface area (Å²) in [5, 5.41) is 2.81. The van der Waals surface area contributed by atoms with E-state index in [0.29, 0.717) is 5.88 Å². The Balaban J connectivity index is 2.08. The van der Waals surface area contributed by atoms with Crippen LogP contribution < -0.4 is 10.6 Å². The Morgan fingerprint density at radius 1 is 0.692 bits per heavy atom. The van der Waals surface area contributed by atoms with Crippen LogP contribution in [-0.4, -0.2) is 12.0 Å². The van der Waals surface area contributed by atoms with Gasteiger partial charge in [-0.1, -0.05) is 48.5 Å². The highest BCUT2D eigenvalue weighted by Crippen LogP contribution is 2.59. The van der Waals surface area contributed by atoms with Crippen LogP contribution in [0.15, 0.2) is 84.9 Å². The van der Waals surface area contributed by atoms with E-state index in [2.05, 4.69) is 60.7 Å². The van der Waals surface area contributed by atoms with E-state index in [1.54, 1.807) is 12.1 Å². The number of hydrogen-bond acceptors (Lipinski definition) is 0. The van der Waals surface area contributed by atoms with E-state index in [1.165, 1.54) is 16.2 Å². The lowest BCUT2D eigenvalue weighted by atomic mass is 10.2. The average molecular weight is 385 g/mol. The molecule has 26 heavy (non-hydrogen) atoms. The summed E-state index contributed by atoms with van der Waals surface area (Å²) in [6, 6.07) is 28.6. The van der Waals surface area contributed by atoms with Crippen molar-refractivity contribution in [3.63, 3.8) is 0 Å². The number of halogens is 2. The average Bonchev–Trinajstić information content (AvgIpc) is 2.70. The summed E-state index contributed by atoms with van der Waals surface area (Å²) in [7, 11) is -1.65. The molecule has 0 aromatic heterocycles. The maximum Gasteiger partial charge on any atom is 0.123 e. The molecule has 0 atom stereocenters. The monoisotopic (exact) mass is 384 g/mol. The maximum atomic E-state index is 13.4. The van der Waals surface area contributed by atoms with Crippen molar-refractivity contribution in [1.82, 2.24) is 0 Å². The quantitative estimate of drug-likeness (QED) is 0.253. The molecule has 0 fully saturated rings. The van der Waals surface area contributed by atoms with Crippen molar-refractivity contribution in [2.24, 2.45) is 0 Å². The fraction of sp³-hybridized carbons (Fsp3) is 0.217. The zero-order valence-electron chi connectivity index (χ0n) is 14.8. The van der Waals surface area contributed by atoms with E-state index >= 15 is 0 Å². The molecule has 3 aromatic carbocycles. The normalized spacial score (nSPS) is 11.5. The van der Waals surface area contributed by atoms with Gasteiger partial charge in [0.1, 0.15) is 5.82 Å². The predicted octanol–water partition coefficient (Wildman–Crippen LogP) is 6.01. The van der Waals surface area contributed by atoms with E-state index < -0.39 is 7.26 Å². The summed E-state index contributed by atoms with van der Waals surface area (Å²) in [5.41, 5.74) is 1.19. The van der Waals surface area contributed by atoms with Crippen LogP contribution in [0.5, 0.6) is 0 Å². The predicted molar refractivity (Wildman–Crippen MR) is 114 cm³/mol. The van der Waals surface area contributed by atoms with Crippen LogP contribution in [0.1, 0.15) is 18.4 Å². The van der Waals surface area contributed by atoms with Crippen LogP contribution in [0.3, 0.4) is 0 Å². The molecule has 0 unspecified atom stereocenters. The highest BCUT2D eigenvalue weighted by molar-refractivity contribution is 7.88.